The molecule has 3 nitrogen and oxygen atoms in total. The molecule has 0 amide bonds. The highest BCUT2D eigenvalue weighted by atomic mass is 32.1. The van der Waals surface area contributed by atoms with Gasteiger partial charge in [-0.15, -0.1) is 10.2 Å². The van der Waals surface area contributed by atoms with Crippen LogP contribution in [-0.4, -0.2) is 16.2 Å². The van der Waals surface area contributed by atoms with Crippen molar-refractivity contribution in [2.75, 3.05) is 5.32 Å². The summed E-state index contributed by atoms with van der Waals surface area (Å²) < 4.78 is 12.8. The molecule has 1 aromatic heterocycles. The number of halogens is 1. The third-order valence-electron chi connectivity index (χ3n) is 3.42. The van der Waals surface area contributed by atoms with Crippen molar-refractivity contribution in [1.29, 1.82) is 0 Å². The van der Waals surface area contributed by atoms with Crippen LogP contribution in [0.15, 0.2) is 24.3 Å². The quantitative estimate of drug-likeness (QED) is 0.909. The normalized spacial score (nSPS) is 16.3. The lowest BCUT2D eigenvalue weighted by atomic mass is 10.2. The third-order valence-corrected chi connectivity index (χ3v) is 4.27. The maximum Gasteiger partial charge on any atom is 0.205 e. The Labute approximate surface area is 115 Å². The number of rotatable bonds is 5. The molecule has 0 spiro atoms. The Balaban J connectivity index is 1.62. The van der Waals surface area contributed by atoms with E-state index in [1.165, 1.54) is 25.0 Å². The summed E-state index contributed by atoms with van der Waals surface area (Å²) in [5.41, 5.74) is 1.05. The first-order chi connectivity index (χ1) is 9.20. The molecular weight excluding hydrogens is 261 g/mol. The molecule has 1 aliphatic carbocycles. The van der Waals surface area contributed by atoms with Crippen molar-refractivity contribution >= 4 is 16.5 Å². The van der Waals surface area contributed by atoms with Crippen molar-refractivity contribution < 1.29 is 4.39 Å². The molecule has 1 saturated carbocycles. The van der Waals surface area contributed by atoms with Crippen molar-refractivity contribution in [2.24, 2.45) is 5.92 Å². The van der Waals surface area contributed by atoms with E-state index >= 15 is 0 Å². The van der Waals surface area contributed by atoms with E-state index in [9.17, 15) is 4.39 Å². The number of hydrogen-bond acceptors (Lipinski definition) is 4. The second-order valence-corrected chi connectivity index (χ2v) is 6.14. The van der Waals surface area contributed by atoms with Gasteiger partial charge in [-0.1, -0.05) is 23.5 Å². The van der Waals surface area contributed by atoms with Crippen LogP contribution in [-0.2, 0) is 6.42 Å². The van der Waals surface area contributed by atoms with Gasteiger partial charge in [0.25, 0.3) is 0 Å². The average Bonchev–Trinajstić information content (AvgIpc) is 3.16. The van der Waals surface area contributed by atoms with Crippen LogP contribution >= 0.6 is 11.3 Å². The van der Waals surface area contributed by atoms with Gasteiger partial charge in [0.2, 0.25) is 5.13 Å². The zero-order chi connectivity index (χ0) is 13.2. The maximum atomic E-state index is 12.8. The zero-order valence-corrected chi connectivity index (χ0v) is 11.6. The summed E-state index contributed by atoms with van der Waals surface area (Å²) in [7, 11) is 0. The van der Waals surface area contributed by atoms with Gasteiger partial charge in [0, 0.05) is 12.5 Å². The van der Waals surface area contributed by atoms with Crippen LogP contribution in [0.1, 0.15) is 30.3 Å². The van der Waals surface area contributed by atoms with Crippen LogP contribution in [0.5, 0.6) is 0 Å². The Morgan fingerprint density at radius 3 is 2.74 bits per heavy atom. The van der Waals surface area contributed by atoms with E-state index in [0.717, 1.165) is 21.6 Å². The van der Waals surface area contributed by atoms with Gasteiger partial charge >= 0.3 is 0 Å². The van der Waals surface area contributed by atoms with Crippen LogP contribution in [0.4, 0.5) is 9.52 Å². The minimum atomic E-state index is -0.207. The number of aromatic nitrogens is 2. The average molecular weight is 277 g/mol. The van der Waals surface area contributed by atoms with Crippen molar-refractivity contribution in [3.05, 3.63) is 40.7 Å². The molecule has 0 saturated heterocycles. The first-order valence-corrected chi connectivity index (χ1v) is 7.36. The largest absolute Gasteiger partial charge is 0.357 e. The minimum absolute atomic E-state index is 0.207. The Kier molecular flexibility index (Phi) is 3.46. The number of benzene rings is 1. The first-order valence-electron chi connectivity index (χ1n) is 6.54. The zero-order valence-electron chi connectivity index (χ0n) is 10.8. The number of nitrogens with zero attached hydrogens (tertiary/aromatic N) is 2. The highest BCUT2D eigenvalue weighted by Crippen LogP contribution is 2.34. The first kappa shape index (κ1) is 12.5. The summed E-state index contributed by atoms with van der Waals surface area (Å²) >= 11 is 1.58. The lowest BCUT2D eigenvalue weighted by Crippen LogP contribution is -2.16. The predicted octanol–water partition coefficient (Wildman–Crippen LogP) is 3.48. The molecule has 3 rings (SSSR count). The second kappa shape index (κ2) is 5.25. The molecule has 1 aliphatic rings. The fraction of sp³-hybridized carbons (Fsp3) is 0.429. The van der Waals surface area contributed by atoms with E-state index in [-0.39, 0.29) is 5.82 Å². The Morgan fingerprint density at radius 1 is 1.32 bits per heavy atom. The van der Waals surface area contributed by atoms with E-state index in [1.54, 1.807) is 23.5 Å². The number of anilines is 1. The molecule has 0 bridgehead atoms. The molecule has 1 aromatic carbocycles. The lowest BCUT2D eigenvalue weighted by molar-refractivity contribution is 0.627. The van der Waals surface area contributed by atoms with E-state index < -0.39 is 0 Å². The van der Waals surface area contributed by atoms with Gasteiger partial charge in [0.15, 0.2) is 0 Å². The molecule has 2 aromatic rings. The molecule has 1 atom stereocenters. The molecule has 0 radical (unpaired) electrons. The number of hydrogen-bond donors (Lipinski definition) is 1. The van der Waals surface area contributed by atoms with Gasteiger partial charge < -0.3 is 5.32 Å². The summed E-state index contributed by atoms with van der Waals surface area (Å²) in [6, 6.07) is 7.01. The topological polar surface area (TPSA) is 37.8 Å². The van der Waals surface area contributed by atoms with Crippen molar-refractivity contribution in [1.82, 2.24) is 10.2 Å². The Bertz CT molecular complexity index is 548. The summed E-state index contributed by atoms with van der Waals surface area (Å²) in [6.07, 6.45) is 3.34. The van der Waals surface area contributed by atoms with Gasteiger partial charge in [-0.2, -0.15) is 0 Å². The summed E-state index contributed by atoms with van der Waals surface area (Å²) in [4.78, 5) is 0. The van der Waals surface area contributed by atoms with Crippen LogP contribution in [0.3, 0.4) is 0 Å². The molecule has 1 unspecified atom stereocenters. The van der Waals surface area contributed by atoms with Gasteiger partial charge in [-0.05, 0) is 43.4 Å². The van der Waals surface area contributed by atoms with Gasteiger partial charge in [0.1, 0.15) is 10.8 Å². The molecule has 0 aliphatic heterocycles. The molecule has 5 heteroatoms. The van der Waals surface area contributed by atoms with Crippen molar-refractivity contribution in [3.8, 4) is 0 Å². The van der Waals surface area contributed by atoms with Crippen molar-refractivity contribution in [3.63, 3.8) is 0 Å². The monoisotopic (exact) mass is 277 g/mol. The van der Waals surface area contributed by atoms with Gasteiger partial charge in [-0.25, -0.2) is 4.39 Å². The van der Waals surface area contributed by atoms with Crippen LogP contribution in [0.25, 0.3) is 0 Å². The molecule has 100 valence electrons. The standard InChI is InChI=1S/C14H16FN3S/c1-9(11-4-5-11)16-14-18-17-13(19-14)8-10-2-6-12(15)7-3-10/h2-3,6-7,9,11H,4-5,8H2,1H3,(H,16,18). The van der Waals surface area contributed by atoms with Gasteiger partial charge in [-0.3, -0.25) is 0 Å². The highest BCUT2D eigenvalue weighted by molar-refractivity contribution is 7.15. The Hall–Kier alpha value is -1.49. The van der Waals surface area contributed by atoms with Crippen LogP contribution in [0, 0.1) is 11.7 Å². The third kappa shape index (κ3) is 3.29. The van der Waals surface area contributed by atoms with Crippen LogP contribution < -0.4 is 5.32 Å². The van der Waals surface area contributed by atoms with Gasteiger partial charge in [0.05, 0.1) is 0 Å². The highest BCUT2D eigenvalue weighted by Gasteiger charge is 2.28. The summed E-state index contributed by atoms with van der Waals surface area (Å²) in [5.74, 6) is 0.589. The minimum Gasteiger partial charge on any atom is -0.357 e. The molecule has 1 fully saturated rings. The SMILES string of the molecule is CC(Nc1nnc(Cc2ccc(F)cc2)s1)C1CC1. The summed E-state index contributed by atoms with van der Waals surface area (Å²) in [5, 5.41) is 13.6. The maximum absolute atomic E-state index is 12.8. The lowest BCUT2D eigenvalue weighted by Gasteiger charge is -2.09. The Morgan fingerprint density at radius 2 is 2.05 bits per heavy atom. The molecule has 1 heterocycles. The van der Waals surface area contributed by atoms with E-state index in [0.29, 0.717) is 12.5 Å². The predicted molar refractivity (Wildman–Crippen MR) is 74.9 cm³/mol. The second-order valence-electron chi connectivity index (χ2n) is 5.07. The van der Waals surface area contributed by atoms with E-state index in [1.807, 2.05) is 0 Å². The van der Waals surface area contributed by atoms with E-state index in [2.05, 4.69) is 22.4 Å². The fourth-order valence-electron chi connectivity index (χ4n) is 2.07. The van der Waals surface area contributed by atoms with Crippen molar-refractivity contribution in [2.45, 2.75) is 32.2 Å². The van der Waals surface area contributed by atoms with Crippen LogP contribution in [0.2, 0.25) is 0 Å². The number of nitrogens with one attached hydrogen (secondary N) is 1. The molecule has 19 heavy (non-hydrogen) atoms. The van der Waals surface area contributed by atoms with E-state index in [4.69, 9.17) is 0 Å². The summed E-state index contributed by atoms with van der Waals surface area (Å²) in [6.45, 7) is 2.19. The fourth-order valence-corrected chi connectivity index (χ4v) is 2.94. The smallest absolute Gasteiger partial charge is 0.205 e. The molecule has 1 N–H and O–H groups in total. The molecular formula is C14H16FN3S.